The van der Waals surface area contributed by atoms with Crippen LogP contribution >= 0.6 is 0 Å². The summed E-state index contributed by atoms with van der Waals surface area (Å²) in [5.41, 5.74) is -0.143. The molecule has 9 heteroatoms. The molecule has 0 spiro atoms. The Balaban J connectivity index is 1.62. The molecule has 0 atom stereocenters. The normalized spacial score (nSPS) is 15.0. The van der Waals surface area contributed by atoms with Gasteiger partial charge in [0, 0.05) is 16.9 Å². The van der Waals surface area contributed by atoms with E-state index in [9.17, 15) is 22.8 Å². The van der Waals surface area contributed by atoms with Crippen LogP contribution in [0.3, 0.4) is 0 Å². The SMILES string of the molecule is O=C(C[NH+]1CCOCC1)Nc1cccc(C(=O)Nc2cccc(C(F)(F)F)c2)c1. The summed E-state index contributed by atoms with van der Waals surface area (Å²) in [6.45, 7) is 3.05. The molecule has 1 heterocycles. The number of alkyl halides is 3. The number of amides is 2. The van der Waals surface area contributed by atoms with E-state index in [0.717, 1.165) is 30.1 Å². The topological polar surface area (TPSA) is 71.9 Å². The maximum absolute atomic E-state index is 12.8. The van der Waals surface area contributed by atoms with Gasteiger partial charge in [0.25, 0.3) is 11.8 Å². The number of benzene rings is 2. The lowest BCUT2D eigenvalue weighted by molar-refractivity contribution is -0.899. The molecule has 154 valence electrons. The lowest BCUT2D eigenvalue weighted by atomic mass is 10.1. The molecule has 3 rings (SSSR count). The van der Waals surface area contributed by atoms with Gasteiger partial charge in [0.2, 0.25) is 0 Å². The van der Waals surface area contributed by atoms with Crippen LogP contribution in [-0.4, -0.2) is 44.7 Å². The number of halogens is 3. The van der Waals surface area contributed by atoms with E-state index in [4.69, 9.17) is 4.74 Å². The van der Waals surface area contributed by atoms with Crippen LogP contribution < -0.4 is 15.5 Å². The van der Waals surface area contributed by atoms with Gasteiger partial charge >= 0.3 is 6.18 Å². The second-order valence-electron chi connectivity index (χ2n) is 6.70. The number of rotatable bonds is 5. The van der Waals surface area contributed by atoms with Gasteiger partial charge in [-0.1, -0.05) is 12.1 Å². The fraction of sp³-hybridized carbons (Fsp3) is 0.300. The smallest absolute Gasteiger partial charge is 0.370 e. The van der Waals surface area contributed by atoms with Crippen molar-refractivity contribution in [2.24, 2.45) is 0 Å². The minimum absolute atomic E-state index is 0.0372. The number of anilines is 2. The first-order chi connectivity index (χ1) is 13.8. The average molecular weight is 408 g/mol. The van der Waals surface area contributed by atoms with Crippen molar-refractivity contribution in [1.29, 1.82) is 0 Å². The van der Waals surface area contributed by atoms with Crippen molar-refractivity contribution < 1.29 is 32.4 Å². The first-order valence-electron chi connectivity index (χ1n) is 9.11. The molecule has 1 saturated heterocycles. The van der Waals surface area contributed by atoms with Crippen LogP contribution in [0.2, 0.25) is 0 Å². The number of hydrogen-bond donors (Lipinski definition) is 3. The Morgan fingerprint density at radius 1 is 0.966 bits per heavy atom. The third kappa shape index (κ3) is 6.03. The summed E-state index contributed by atoms with van der Waals surface area (Å²) in [7, 11) is 0. The molecule has 0 aromatic heterocycles. The molecule has 2 aromatic carbocycles. The van der Waals surface area contributed by atoms with Crippen molar-refractivity contribution in [3.05, 3.63) is 59.7 Å². The van der Waals surface area contributed by atoms with Crippen molar-refractivity contribution in [2.75, 3.05) is 43.5 Å². The first kappa shape index (κ1) is 20.8. The van der Waals surface area contributed by atoms with Crippen molar-refractivity contribution in [1.82, 2.24) is 0 Å². The highest BCUT2D eigenvalue weighted by Gasteiger charge is 2.30. The van der Waals surface area contributed by atoms with E-state index in [1.807, 2.05) is 0 Å². The standard InChI is InChI=1S/C20H20F3N3O3/c21-20(22,23)15-4-2-6-17(12-15)25-19(28)14-3-1-5-16(11-14)24-18(27)13-26-7-9-29-10-8-26/h1-6,11-12H,7-10,13H2,(H,24,27)(H,25,28)/p+1. The Kier molecular flexibility index (Phi) is 6.50. The van der Waals surface area contributed by atoms with Gasteiger partial charge in [0.05, 0.1) is 18.8 Å². The zero-order valence-corrected chi connectivity index (χ0v) is 15.5. The third-order valence-electron chi connectivity index (χ3n) is 4.47. The quantitative estimate of drug-likeness (QED) is 0.707. The number of carbonyl (C=O) groups excluding carboxylic acids is 2. The fourth-order valence-corrected chi connectivity index (χ4v) is 2.98. The molecule has 1 aliphatic rings. The van der Waals surface area contributed by atoms with Crippen LogP contribution in [0.15, 0.2) is 48.5 Å². The average Bonchev–Trinajstić information content (AvgIpc) is 2.68. The third-order valence-corrected chi connectivity index (χ3v) is 4.47. The highest BCUT2D eigenvalue weighted by Crippen LogP contribution is 2.30. The maximum atomic E-state index is 12.8. The summed E-state index contributed by atoms with van der Waals surface area (Å²) in [5.74, 6) is -0.753. The molecule has 2 aromatic rings. The minimum Gasteiger partial charge on any atom is -0.370 e. The van der Waals surface area contributed by atoms with Crippen LogP contribution in [-0.2, 0) is 15.7 Å². The number of nitrogens with one attached hydrogen (secondary N) is 3. The highest BCUT2D eigenvalue weighted by molar-refractivity contribution is 6.05. The second-order valence-corrected chi connectivity index (χ2v) is 6.70. The Morgan fingerprint density at radius 2 is 1.62 bits per heavy atom. The van der Waals surface area contributed by atoms with Crippen LogP contribution in [0.1, 0.15) is 15.9 Å². The summed E-state index contributed by atoms with van der Waals surface area (Å²) < 4.78 is 43.7. The Hall–Kier alpha value is -2.91. The van der Waals surface area contributed by atoms with Gasteiger partial charge in [-0.3, -0.25) is 9.59 Å². The molecule has 0 unspecified atom stereocenters. The van der Waals surface area contributed by atoms with Crippen molar-refractivity contribution in [2.45, 2.75) is 6.18 Å². The predicted molar refractivity (Wildman–Crippen MR) is 101 cm³/mol. The van der Waals surface area contributed by atoms with Crippen LogP contribution in [0.5, 0.6) is 0 Å². The lowest BCUT2D eigenvalue weighted by Gasteiger charge is -2.23. The van der Waals surface area contributed by atoms with E-state index in [1.165, 1.54) is 24.3 Å². The van der Waals surface area contributed by atoms with Crippen LogP contribution in [0.25, 0.3) is 0 Å². The van der Waals surface area contributed by atoms with Gasteiger partial charge in [-0.25, -0.2) is 0 Å². The molecule has 0 aliphatic carbocycles. The summed E-state index contributed by atoms with van der Waals surface area (Å²) in [4.78, 5) is 25.7. The minimum atomic E-state index is -4.49. The number of ether oxygens (including phenoxy) is 1. The van der Waals surface area contributed by atoms with E-state index in [1.54, 1.807) is 12.1 Å². The van der Waals surface area contributed by atoms with E-state index >= 15 is 0 Å². The molecule has 1 aliphatic heterocycles. The molecule has 3 N–H and O–H groups in total. The largest absolute Gasteiger partial charge is 0.416 e. The molecule has 0 bridgehead atoms. The monoisotopic (exact) mass is 408 g/mol. The van der Waals surface area contributed by atoms with Gasteiger partial charge in [-0.2, -0.15) is 13.2 Å². The number of hydrogen-bond acceptors (Lipinski definition) is 3. The van der Waals surface area contributed by atoms with Crippen molar-refractivity contribution in [3.63, 3.8) is 0 Å². The maximum Gasteiger partial charge on any atom is 0.416 e. The summed E-state index contributed by atoms with van der Waals surface area (Å²) in [6, 6.07) is 10.6. The molecule has 1 fully saturated rings. The second kappa shape index (κ2) is 9.06. The zero-order valence-electron chi connectivity index (χ0n) is 15.5. The Labute approximate surface area is 165 Å². The summed E-state index contributed by atoms with van der Waals surface area (Å²) in [6.07, 6.45) is -4.49. The summed E-state index contributed by atoms with van der Waals surface area (Å²) >= 11 is 0. The molecule has 0 saturated carbocycles. The van der Waals surface area contributed by atoms with Gasteiger partial charge in [0.15, 0.2) is 6.54 Å². The number of quaternary nitrogens is 1. The van der Waals surface area contributed by atoms with Crippen LogP contribution in [0.4, 0.5) is 24.5 Å². The molecular weight excluding hydrogens is 387 g/mol. The van der Waals surface area contributed by atoms with Crippen LogP contribution in [0, 0.1) is 0 Å². The number of carbonyl (C=O) groups is 2. The Bertz CT molecular complexity index is 881. The fourth-order valence-electron chi connectivity index (χ4n) is 2.98. The number of morpholine rings is 1. The summed E-state index contributed by atoms with van der Waals surface area (Å²) in [5, 5.41) is 5.20. The zero-order chi connectivity index (χ0) is 20.9. The van der Waals surface area contributed by atoms with E-state index in [-0.39, 0.29) is 17.2 Å². The Morgan fingerprint density at radius 3 is 2.31 bits per heavy atom. The van der Waals surface area contributed by atoms with E-state index in [0.29, 0.717) is 25.4 Å². The lowest BCUT2D eigenvalue weighted by Crippen LogP contribution is -3.15. The molecule has 6 nitrogen and oxygen atoms in total. The predicted octanol–water partition coefficient (Wildman–Crippen LogP) is 1.81. The van der Waals surface area contributed by atoms with Gasteiger partial charge in [0.1, 0.15) is 13.1 Å². The molecule has 29 heavy (non-hydrogen) atoms. The molecular formula is C20H21F3N3O3+. The highest BCUT2D eigenvalue weighted by atomic mass is 19.4. The van der Waals surface area contributed by atoms with Gasteiger partial charge in [-0.15, -0.1) is 0 Å². The first-order valence-corrected chi connectivity index (χ1v) is 9.11. The van der Waals surface area contributed by atoms with E-state index in [2.05, 4.69) is 10.6 Å². The molecule has 2 amide bonds. The van der Waals surface area contributed by atoms with Crippen molar-refractivity contribution in [3.8, 4) is 0 Å². The van der Waals surface area contributed by atoms with E-state index < -0.39 is 17.6 Å². The van der Waals surface area contributed by atoms with Gasteiger partial charge < -0.3 is 20.3 Å². The van der Waals surface area contributed by atoms with Crippen molar-refractivity contribution >= 4 is 23.2 Å². The molecule has 0 radical (unpaired) electrons. The van der Waals surface area contributed by atoms with Gasteiger partial charge in [-0.05, 0) is 36.4 Å².